The van der Waals surface area contributed by atoms with E-state index in [-0.39, 0.29) is 11.9 Å². The Hall–Kier alpha value is -1.46. The molecule has 2 rings (SSSR count). The lowest BCUT2D eigenvalue weighted by molar-refractivity contribution is 0.591. The standard InChI is InChI=1S/C13H14FN3S/c1-8-6-16-13(17-7-8)18-12-10(9(2)15)4-3-5-11(12)14/h3-7,9H,15H2,1-2H3/t9-/m1/s1. The predicted octanol–water partition coefficient (Wildman–Crippen LogP) is 3.10. The number of nitrogens with two attached hydrogens (primary N) is 1. The molecule has 5 heteroatoms. The van der Waals surface area contributed by atoms with Gasteiger partial charge in [0, 0.05) is 18.4 Å². The van der Waals surface area contributed by atoms with Crippen molar-refractivity contribution >= 4 is 11.8 Å². The molecule has 1 aromatic heterocycles. The molecule has 2 aromatic rings. The molecule has 0 aliphatic carbocycles. The second kappa shape index (κ2) is 5.46. The van der Waals surface area contributed by atoms with Gasteiger partial charge in [-0.25, -0.2) is 14.4 Å². The van der Waals surface area contributed by atoms with Crippen LogP contribution < -0.4 is 5.73 Å². The van der Waals surface area contributed by atoms with Gasteiger partial charge in [-0.15, -0.1) is 0 Å². The zero-order chi connectivity index (χ0) is 13.1. The molecule has 3 nitrogen and oxygen atoms in total. The molecule has 0 spiro atoms. The number of halogens is 1. The molecule has 0 fully saturated rings. The van der Waals surface area contributed by atoms with Crippen molar-refractivity contribution in [2.24, 2.45) is 5.73 Å². The van der Waals surface area contributed by atoms with Crippen LogP contribution in [0.25, 0.3) is 0 Å². The fourth-order valence-electron chi connectivity index (χ4n) is 1.52. The van der Waals surface area contributed by atoms with Crippen LogP contribution in [-0.4, -0.2) is 9.97 Å². The first kappa shape index (κ1) is 13.0. The summed E-state index contributed by atoms with van der Waals surface area (Å²) >= 11 is 1.20. The van der Waals surface area contributed by atoms with E-state index in [4.69, 9.17) is 5.73 Å². The normalized spacial score (nSPS) is 12.4. The summed E-state index contributed by atoms with van der Waals surface area (Å²) in [5.74, 6) is -0.293. The van der Waals surface area contributed by atoms with Crippen LogP contribution in [0.3, 0.4) is 0 Å². The predicted molar refractivity (Wildman–Crippen MR) is 69.9 cm³/mol. The minimum Gasteiger partial charge on any atom is -0.324 e. The van der Waals surface area contributed by atoms with Crippen LogP contribution in [0, 0.1) is 12.7 Å². The summed E-state index contributed by atoms with van der Waals surface area (Å²) in [5, 5.41) is 0.521. The summed E-state index contributed by atoms with van der Waals surface area (Å²) in [6.07, 6.45) is 3.42. The summed E-state index contributed by atoms with van der Waals surface area (Å²) in [6.45, 7) is 3.74. The lowest BCUT2D eigenvalue weighted by Crippen LogP contribution is -2.07. The summed E-state index contributed by atoms with van der Waals surface area (Å²) < 4.78 is 13.8. The number of hydrogen-bond acceptors (Lipinski definition) is 4. The van der Waals surface area contributed by atoms with Crippen LogP contribution in [0.5, 0.6) is 0 Å². The molecule has 0 unspecified atom stereocenters. The maximum atomic E-state index is 13.8. The van der Waals surface area contributed by atoms with Gasteiger partial charge >= 0.3 is 0 Å². The number of rotatable bonds is 3. The van der Waals surface area contributed by atoms with E-state index in [1.165, 1.54) is 17.8 Å². The van der Waals surface area contributed by atoms with Gasteiger partial charge in [-0.2, -0.15) is 0 Å². The fourth-order valence-corrected chi connectivity index (χ4v) is 2.45. The SMILES string of the molecule is Cc1cnc(Sc2c(F)cccc2[C@@H](C)N)nc1. The maximum Gasteiger partial charge on any atom is 0.192 e. The van der Waals surface area contributed by atoms with Crippen LogP contribution in [0.1, 0.15) is 24.1 Å². The van der Waals surface area contributed by atoms with Gasteiger partial charge in [-0.3, -0.25) is 0 Å². The average molecular weight is 263 g/mol. The molecule has 0 radical (unpaired) electrons. The summed E-state index contributed by atoms with van der Waals surface area (Å²) in [5.41, 5.74) is 7.58. The van der Waals surface area contributed by atoms with Gasteiger partial charge in [0.1, 0.15) is 5.82 Å². The van der Waals surface area contributed by atoms with Gasteiger partial charge in [-0.1, -0.05) is 12.1 Å². The van der Waals surface area contributed by atoms with E-state index in [1.807, 2.05) is 19.9 Å². The van der Waals surface area contributed by atoms with E-state index in [2.05, 4.69) is 9.97 Å². The van der Waals surface area contributed by atoms with Crippen LogP contribution in [0.2, 0.25) is 0 Å². The first-order valence-electron chi connectivity index (χ1n) is 5.58. The number of nitrogens with zero attached hydrogens (tertiary/aromatic N) is 2. The molecule has 18 heavy (non-hydrogen) atoms. The van der Waals surface area contributed by atoms with E-state index >= 15 is 0 Å². The molecule has 1 aromatic carbocycles. The first-order chi connectivity index (χ1) is 8.58. The van der Waals surface area contributed by atoms with Crippen LogP contribution in [-0.2, 0) is 0 Å². The zero-order valence-electron chi connectivity index (χ0n) is 10.2. The van der Waals surface area contributed by atoms with E-state index < -0.39 is 0 Å². The smallest absolute Gasteiger partial charge is 0.192 e. The van der Waals surface area contributed by atoms with Gasteiger partial charge in [0.15, 0.2) is 5.16 Å². The van der Waals surface area contributed by atoms with Gasteiger partial charge in [-0.05, 0) is 42.8 Å². The molecular weight excluding hydrogens is 249 g/mol. The third-order valence-electron chi connectivity index (χ3n) is 2.44. The Morgan fingerprint density at radius 2 is 1.94 bits per heavy atom. The molecule has 0 bridgehead atoms. The van der Waals surface area contributed by atoms with Crippen molar-refractivity contribution in [3.63, 3.8) is 0 Å². The van der Waals surface area contributed by atoms with Crippen molar-refractivity contribution in [1.29, 1.82) is 0 Å². The summed E-state index contributed by atoms with van der Waals surface area (Å²) in [4.78, 5) is 8.82. The van der Waals surface area contributed by atoms with Crippen LogP contribution in [0.15, 0.2) is 40.6 Å². The van der Waals surface area contributed by atoms with Gasteiger partial charge in [0.25, 0.3) is 0 Å². The Bertz CT molecular complexity index is 540. The molecule has 94 valence electrons. The lowest BCUT2D eigenvalue weighted by Gasteiger charge is -2.12. The third-order valence-corrected chi connectivity index (χ3v) is 3.47. The van der Waals surface area contributed by atoms with Crippen molar-refractivity contribution in [3.8, 4) is 0 Å². The highest BCUT2D eigenvalue weighted by atomic mass is 32.2. The fraction of sp³-hybridized carbons (Fsp3) is 0.231. The highest BCUT2D eigenvalue weighted by molar-refractivity contribution is 7.99. The van der Waals surface area contributed by atoms with Gasteiger partial charge in [0.05, 0.1) is 4.90 Å². The van der Waals surface area contributed by atoms with Crippen molar-refractivity contribution in [3.05, 3.63) is 47.5 Å². The minimum absolute atomic E-state index is 0.228. The van der Waals surface area contributed by atoms with Crippen LogP contribution >= 0.6 is 11.8 Å². The summed E-state index contributed by atoms with van der Waals surface area (Å²) in [6, 6.07) is 4.68. The Labute approximate surface area is 110 Å². The van der Waals surface area contributed by atoms with Crippen molar-refractivity contribution in [2.45, 2.75) is 29.9 Å². The van der Waals surface area contributed by atoms with E-state index in [0.29, 0.717) is 10.1 Å². The molecule has 1 heterocycles. The minimum atomic E-state index is -0.293. The second-order valence-corrected chi connectivity index (χ2v) is 5.07. The molecule has 0 saturated carbocycles. The second-order valence-electron chi connectivity index (χ2n) is 4.09. The average Bonchev–Trinajstić information content (AvgIpc) is 2.34. The largest absolute Gasteiger partial charge is 0.324 e. The number of aromatic nitrogens is 2. The van der Waals surface area contributed by atoms with E-state index in [0.717, 1.165) is 11.1 Å². The Balaban J connectivity index is 2.36. The molecule has 2 N–H and O–H groups in total. The summed E-state index contributed by atoms with van der Waals surface area (Å²) in [7, 11) is 0. The maximum absolute atomic E-state index is 13.8. The third kappa shape index (κ3) is 2.86. The highest BCUT2D eigenvalue weighted by Crippen LogP contribution is 2.32. The lowest BCUT2D eigenvalue weighted by atomic mass is 10.1. The topological polar surface area (TPSA) is 51.8 Å². The Kier molecular flexibility index (Phi) is 3.93. The van der Waals surface area contributed by atoms with Gasteiger partial charge in [0.2, 0.25) is 0 Å². The van der Waals surface area contributed by atoms with Gasteiger partial charge < -0.3 is 5.73 Å². The Morgan fingerprint density at radius 3 is 2.56 bits per heavy atom. The zero-order valence-corrected chi connectivity index (χ0v) is 11.0. The molecule has 0 aliphatic rings. The monoisotopic (exact) mass is 263 g/mol. The number of benzene rings is 1. The molecule has 1 atom stereocenters. The quantitative estimate of drug-likeness (QED) is 0.865. The van der Waals surface area contributed by atoms with Crippen molar-refractivity contribution in [2.75, 3.05) is 0 Å². The van der Waals surface area contributed by atoms with Crippen LogP contribution in [0.4, 0.5) is 4.39 Å². The number of hydrogen-bond donors (Lipinski definition) is 1. The molecule has 0 saturated heterocycles. The molecular formula is C13H14FN3S. The van der Waals surface area contributed by atoms with Crippen molar-refractivity contribution in [1.82, 2.24) is 9.97 Å². The van der Waals surface area contributed by atoms with Crippen molar-refractivity contribution < 1.29 is 4.39 Å². The number of aryl methyl sites for hydroxylation is 1. The molecule has 0 aliphatic heterocycles. The van der Waals surface area contributed by atoms with E-state index in [9.17, 15) is 4.39 Å². The first-order valence-corrected chi connectivity index (χ1v) is 6.40. The highest BCUT2D eigenvalue weighted by Gasteiger charge is 2.14. The van der Waals surface area contributed by atoms with E-state index in [1.54, 1.807) is 18.5 Å². The molecule has 0 amide bonds. The Morgan fingerprint density at radius 1 is 1.28 bits per heavy atom.